The molecular weight excluding hydrogens is 590 g/mol. The molecule has 3 fully saturated rings. The fourth-order valence-corrected chi connectivity index (χ4v) is 6.69. The summed E-state index contributed by atoms with van der Waals surface area (Å²) >= 11 is 0. The SMILES string of the molecule is COc1ccc(CC(NC(=O)C(CC(=O)c2cc(C)no2)CN2CCOCC2)C(=O)CC(CC2CCCC2)C(=O)C2(C)CO2)cc1. The normalized spacial score (nSPS) is 22.2. The van der Waals surface area contributed by atoms with Crippen molar-refractivity contribution in [3.8, 4) is 5.75 Å². The molecule has 0 spiro atoms. The molecule has 1 aromatic carbocycles. The molecule has 11 heteroatoms. The Balaban J connectivity index is 1.36. The zero-order valence-electron chi connectivity index (χ0n) is 27.3. The van der Waals surface area contributed by atoms with E-state index in [1.807, 2.05) is 24.3 Å². The van der Waals surface area contributed by atoms with Crippen LogP contribution in [0, 0.1) is 24.7 Å². The van der Waals surface area contributed by atoms with Crippen molar-refractivity contribution in [2.45, 2.75) is 76.9 Å². The maximum atomic E-state index is 14.2. The third kappa shape index (κ3) is 9.11. The van der Waals surface area contributed by atoms with Gasteiger partial charge < -0.3 is 24.1 Å². The van der Waals surface area contributed by atoms with Crippen LogP contribution in [0.15, 0.2) is 34.9 Å². The molecule has 1 aromatic heterocycles. The Labute approximate surface area is 270 Å². The number of carbonyl (C=O) groups is 4. The number of aromatic nitrogens is 1. The lowest BCUT2D eigenvalue weighted by Gasteiger charge is -2.30. The maximum absolute atomic E-state index is 14.2. The van der Waals surface area contributed by atoms with Crippen LogP contribution < -0.4 is 10.1 Å². The number of morpholine rings is 1. The van der Waals surface area contributed by atoms with Crippen LogP contribution in [0.3, 0.4) is 0 Å². The van der Waals surface area contributed by atoms with Crippen molar-refractivity contribution in [3.63, 3.8) is 0 Å². The van der Waals surface area contributed by atoms with Gasteiger partial charge in [0, 0.05) is 44.5 Å². The molecule has 2 saturated heterocycles. The number of hydrogen-bond donors (Lipinski definition) is 1. The summed E-state index contributed by atoms with van der Waals surface area (Å²) in [6, 6.07) is 8.04. The van der Waals surface area contributed by atoms with Gasteiger partial charge in [-0.3, -0.25) is 24.1 Å². The Morgan fingerprint density at radius 3 is 2.37 bits per heavy atom. The smallest absolute Gasteiger partial charge is 0.225 e. The Morgan fingerprint density at radius 1 is 1.07 bits per heavy atom. The molecule has 1 N–H and O–H groups in total. The molecule has 1 aliphatic carbocycles. The second-order valence-electron chi connectivity index (χ2n) is 13.3. The van der Waals surface area contributed by atoms with Gasteiger partial charge in [0.05, 0.1) is 44.6 Å². The van der Waals surface area contributed by atoms with Gasteiger partial charge in [0.1, 0.15) is 11.4 Å². The highest BCUT2D eigenvalue weighted by Gasteiger charge is 2.50. The third-order valence-electron chi connectivity index (χ3n) is 9.60. The molecule has 4 unspecified atom stereocenters. The van der Waals surface area contributed by atoms with Gasteiger partial charge in [-0.15, -0.1) is 0 Å². The maximum Gasteiger partial charge on any atom is 0.225 e. The molecule has 1 saturated carbocycles. The Kier molecular flexibility index (Phi) is 11.4. The van der Waals surface area contributed by atoms with Crippen molar-refractivity contribution in [3.05, 3.63) is 47.3 Å². The summed E-state index contributed by atoms with van der Waals surface area (Å²) in [5, 5.41) is 6.84. The molecule has 0 radical (unpaired) electrons. The summed E-state index contributed by atoms with van der Waals surface area (Å²) in [5.41, 5.74) is 0.587. The number of epoxide rings is 1. The first-order valence-electron chi connectivity index (χ1n) is 16.5. The minimum Gasteiger partial charge on any atom is -0.497 e. The molecule has 250 valence electrons. The molecule has 0 bridgehead atoms. The average molecular weight is 638 g/mol. The fourth-order valence-electron chi connectivity index (χ4n) is 6.69. The van der Waals surface area contributed by atoms with E-state index in [4.69, 9.17) is 18.7 Å². The number of ether oxygens (including phenoxy) is 3. The highest BCUT2D eigenvalue weighted by atomic mass is 16.6. The van der Waals surface area contributed by atoms with Crippen LogP contribution in [-0.4, -0.2) is 91.5 Å². The van der Waals surface area contributed by atoms with E-state index in [1.165, 1.54) is 0 Å². The van der Waals surface area contributed by atoms with E-state index in [1.54, 1.807) is 27.0 Å². The summed E-state index contributed by atoms with van der Waals surface area (Å²) in [6.07, 6.45) is 5.22. The molecule has 2 aromatic rings. The molecule has 2 aliphatic heterocycles. The lowest BCUT2D eigenvalue weighted by Crippen LogP contribution is -2.49. The summed E-state index contributed by atoms with van der Waals surface area (Å²) in [4.78, 5) is 57.0. The molecule has 1 amide bonds. The van der Waals surface area contributed by atoms with E-state index in [9.17, 15) is 19.2 Å². The number of Topliss-reactive ketones (excluding diaryl/α,β-unsaturated/α-hetero) is 3. The van der Waals surface area contributed by atoms with Gasteiger partial charge in [-0.05, 0) is 50.3 Å². The topological polar surface area (TPSA) is 141 Å². The lowest BCUT2D eigenvalue weighted by molar-refractivity contribution is -0.134. The van der Waals surface area contributed by atoms with Gasteiger partial charge in [0.15, 0.2) is 11.6 Å². The number of ketones is 3. The van der Waals surface area contributed by atoms with E-state index in [-0.39, 0.29) is 48.3 Å². The number of nitrogens with zero attached hydrogens (tertiary/aromatic N) is 2. The number of nitrogens with one attached hydrogen (secondary N) is 1. The number of carbonyl (C=O) groups excluding carboxylic acids is 4. The third-order valence-corrected chi connectivity index (χ3v) is 9.60. The van der Waals surface area contributed by atoms with Crippen molar-refractivity contribution in [1.29, 1.82) is 0 Å². The number of amides is 1. The van der Waals surface area contributed by atoms with Crippen LogP contribution in [0.4, 0.5) is 0 Å². The number of benzene rings is 1. The number of hydrogen-bond acceptors (Lipinski definition) is 10. The molecule has 5 rings (SSSR count). The van der Waals surface area contributed by atoms with Crippen LogP contribution in [0.1, 0.15) is 73.7 Å². The molecule has 46 heavy (non-hydrogen) atoms. The highest BCUT2D eigenvalue weighted by molar-refractivity contribution is 5.99. The van der Waals surface area contributed by atoms with Crippen LogP contribution >= 0.6 is 0 Å². The van der Waals surface area contributed by atoms with E-state index >= 15 is 0 Å². The van der Waals surface area contributed by atoms with Gasteiger partial charge in [-0.2, -0.15) is 0 Å². The van der Waals surface area contributed by atoms with Gasteiger partial charge >= 0.3 is 0 Å². The predicted octanol–water partition coefficient (Wildman–Crippen LogP) is 3.75. The summed E-state index contributed by atoms with van der Waals surface area (Å²) in [7, 11) is 1.59. The molecule has 4 atom stereocenters. The largest absolute Gasteiger partial charge is 0.497 e. The van der Waals surface area contributed by atoms with Gasteiger partial charge in [-0.1, -0.05) is 43.0 Å². The quantitative estimate of drug-likeness (QED) is 0.201. The van der Waals surface area contributed by atoms with Gasteiger partial charge in [0.2, 0.25) is 17.5 Å². The molecule has 3 heterocycles. The van der Waals surface area contributed by atoms with Crippen molar-refractivity contribution in [1.82, 2.24) is 15.4 Å². The highest BCUT2D eigenvalue weighted by Crippen LogP contribution is 2.37. The number of methoxy groups -OCH3 is 1. The van der Waals surface area contributed by atoms with Crippen LogP contribution in [-0.2, 0) is 30.3 Å². The Bertz CT molecular complexity index is 1360. The first kappa shape index (κ1) is 33.9. The van der Waals surface area contributed by atoms with Crippen LogP contribution in [0.5, 0.6) is 5.75 Å². The number of rotatable bonds is 17. The molecule has 11 nitrogen and oxygen atoms in total. The molecule has 3 aliphatic rings. The van der Waals surface area contributed by atoms with E-state index in [0.717, 1.165) is 31.2 Å². The van der Waals surface area contributed by atoms with Crippen molar-refractivity contribution >= 4 is 23.3 Å². The Morgan fingerprint density at radius 2 is 1.76 bits per heavy atom. The molecular formula is C35H47N3O8. The van der Waals surface area contributed by atoms with E-state index in [2.05, 4.69) is 15.4 Å². The monoisotopic (exact) mass is 637 g/mol. The summed E-state index contributed by atoms with van der Waals surface area (Å²) in [6.45, 7) is 6.59. The summed E-state index contributed by atoms with van der Waals surface area (Å²) < 4.78 is 21.5. The zero-order chi connectivity index (χ0) is 32.7. The van der Waals surface area contributed by atoms with Crippen molar-refractivity contribution in [2.24, 2.45) is 17.8 Å². The first-order chi connectivity index (χ1) is 22.1. The average Bonchev–Trinajstić information content (AvgIpc) is 3.38. The zero-order valence-corrected chi connectivity index (χ0v) is 27.3. The second kappa shape index (κ2) is 15.5. The van der Waals surface area contributed by atoms with Gasteiger partial charge in [0.25, 0.3) is 0 Å². The minimum atomic E-state index is -0.887. The lowest BCUT2D eigenvalue weighted by atomic mass is 9.81. The first-order valence-corrected chi connectivity index (χ1v) is 16.5. The second-order valence-corrected chi connectivity index (χ2v) is 13.3. The van der Waals surface area contributed by atoms with Gasteiger partial charge in [-0.25, -0.2) is 0 Å². The fraction of sp³-hybridized carbons (Fsp3) is 0.629. The van der Waals surface area contributed by atoms with Crippen molar-refractivity contribution < 1.29 is 37.9 Å². The Hall–Kier alpha value is -3.41. The summed E-state index contributed by atoms with van der Waals surface area (Å²) in [5.74, 6) is -0.967. The van der Waals surface area contributed by atoms with E-state index < -0.39 is 23.5 Å². The van der Waals surface area contributed by atoms with Crippen molar-refractivity contribution in [2.75, 3.05) is 46.6 Å². The standard InChI is InChI=1S/C35H47N3O8/c1-23-16-32(46-37-23)31(40)20-27(21-38-12-14-44-15-13-38)34(42)36-29(18-25-8-10-28(43-3)11-9-25)30(39)19-26(17-24-6-4-5-7-24)33(41)35(2)22-45-35/h8-11,16,24,26-27,29H,4-7,12-15,17-22H2,1-3H3,(H,36,42). The number of aryl methyl sites for hydroxylation is 1. The minimum absolute atomic E-state index is 0.0274. The predicted molar refractivity (Wildman–Crippen MR) is 169 cm³/mol. The van der Waals surface area contributed by atoms with E-state index in [0.29, 0.717) is 63.2 Å². The van der Waals surface area contributed by atoms with Crippen LogP contribution in [0.2, 0.25) is 0 Å². The van der Waals surface area contributed by atoms with Crippen LogP contribution in [0.25, 0.3) is 0 Å².